The van der Waals surface area contributed by atoms with Gasteiger partial charge in [-0.3, -0.25) is 4.79 Å². The molecule has 0 spiro atoms. The first-order chi connectivity index (χ1) is 12.3. The van der Waals surface area contributed by atoms with Crippen molar-refractivity contribution in [3.8, 4) is 11.5 Å². The summed E-state index contributed by atoms with van der Waals surface area (Å²) in [6.45, 7) is 1.98. The highest BCUT2D eigenvalue weighted by atomic mass is 79.9. The molecule has 4 bridgehead atoms. The van der Waals surface area contributed by atoms with Crippen molar-refractivity contribution in [1.29, 1.82) is 0 Å². The Morgan fingerprint density at radius 1 is 1.15 bits per heavy atom. The normalized spacial score (nSPS) is 34.6. The predicted octanol–water partition coefficient (Wildman–Crippen LogP) is 5.07. The van der Waals surface area contributed by atoms with Crippen LogP contribution in [0.3, 0.4) is 0 Å². The predicted molar refractivity (Wildman–Crippen MR) is 106 cm³/mol. The Hall–Kier alpha value is -1.23. The van der Waals surface area contributed by atoms with Gasteiger partial charge in [0.05, 0.1) is 14.2 Å². The number of hydrogen-bond donors (Lipinski definition) is 1. The van der Waals surface area contributed by atoms with Crippen LogP contribution in [0.5, 0.6) is 11.5 Å². The number of methoxy groups -OCH3 is 2. The van der Waals surface area contributed by atoms with Gasteiger partial charge >= 0.3 is 0 Å². The van der Waals surface area contributed by atoms with Crippen LogP contribution in [0.4, 0.5) is 5.69 Å². The van der Waals surface area contributed by atoms with Crippen LogP contribution in [-0.2, 0) is 4.79 Å². The maximum Gasteiger partial charge on any atom is 0.224 e. The van der Waals surface area contributed by atoms with Gasteiger partial charge in [-0.05, 0) is 74.3 Å². The first-order valence-corrected chi connectivity index (χ1v) is 10.3. The van der Waals surface area contributed by atoms with Gasteiger partial charge in [0, 0.05) is 22.5 Å². The van der Waals surface area contributed by atoms with Crippen molar-refractivity contribution in [2.45, 2.75) is 56.2 Å². The standard InChI is InChI=1S/C21H28BrNO3/c1-13-4-17(25-2)18(26-3)6-16(13)23-19(24)11-20-7-14-5-15(8-20)10-21(22,9-14)12-20/h4,6,14-15H,5,7-12H2,1-3H3,(H,23,24)/t14-,15+,20?,21?. The molecule has 4 aliphatic rings. The fraction of sp³-hybridized carbons (Fsp3) is 0.667. The summed E-state index contributed by atoms with van der Waals surface area (Å²) in [6, 6.07) is 3.77. The van der Waals surface area contributed by atoms with E-state index < -0.39 is 0 Å². The fourth-order valence-electron chi connectivity index (χ4n) is 6.19. The molecule has 1 amide bonds. The second kappa shape index (κ2) is 6.43. The monoisotopic (exact) mass is 421 g/mol. The zero-order chi connectivity index (χ0) is 18.5. The number of carbonyl (C=O) groups excluding carboxylic acids is 1. The van der Waals surface area contributed by atoms with Gasteiger partial charge in [-0.15, -0.1) is 0 Å². The molecule has 0 radical (unpaired) electrons. The molecular weight excluding hydrogens is 394 g/mol. The molecule has 1 aromatic rings. The van der Waals surface area contributed by atoms with Crippen LogP contribution in [-0.4, -0.2) is 24.5 Å². The molecule has 4 aliphatic carbocycles. The van der Waals surface area contributed by atoms with Crippen LogP contribution in [0.15, 0.2) is 12.1 Å². The van der Waals surface area contributed by atoms with Gasteiger partial charge in [-0.2, -0.15) is 0 Å². The zero-order valence-corrected chi connectivity index (χ0v) is 17.4. The lowest BCUT2D eigenvalue weighted by molar-refractivity contribution is -0.123. The minimum Gasteiger partial charge on any atom is -0.493 e. The number of benzene rings is 1. The Labute approximate surface area is 164 Å². The highest BCUT2D eigenvalue weighted by Crippen LogP contribution is 2.65. The van der Waals surface area contributed by atoms with E-state index >= 15 is 0 Å². The van der Waals surface area contributed by atoms with Gasteiger partial charge in [-0.1, -0.05) is 15.9 Å². The van der Waals surface area contributed by atoms with Crippen molar-refractivity contribution in [3.05, 3.63) is 17.7 Å². The second-order valence-corrected chi connectivity index (χ2v) is 10.5. The highest BCUT2D eigenvalue weighted by Gasteiger charge is 2.57. The molecule has 4 fully saturated rings. The summed E-state index contributed by atoms with van der Waals surface area (Å²) in [5.41, 5.74) is 1.98. The van der Waals surface area contributed by atoms with Crippen LogP contribution in [0.1, 0.15) is 50.5 Å². The lowest BCUT2D eigenvalue weighted by Gasteiger charge is -2.60. The number of hydrogen-bond acceptors (Lipinski definition) is 3. The molecule has 26 heavy (non-hydrogen) atoms. The Balaban J connectivity index is 1.50. The van der Waals surface area contributed by atoms with Gasteiger partial charge in [0.15, 0.2) is 11.5 Å². The van der Waals surface area contributed by atoms with Crippen LogP contribution in [0, 0.1) is 24.2 Å². The number of halogens is 1. The number of alkyl halides is 1. The van der Waals surface area contributed by atoms with Gasteiger partial charge in [0.1, 0.15) is 0 Å². The molecule has 0 saturated heterocycles. The Bertz CT molecular complexity index is 718. The highest BCUT2D eigenvalue weighted by molar-refractivity contribution is 9.10. The minimum atomic E-state index is 0.123. The summed E-state index contributed by atoms with van der Waals surface area (Å²) < 4.78 is 11.0. The van der Waals surface area contributed by atoms with Crippen molar-refractivity contribution in [2.75, 3.05) is 19.5 Å². The van der Waals surface area contributed by atoms with Crippen molar-refractivity contribution in [2.24, 2.45) is 17.3 Å². The van der Waals surface area contributed by atoms with E-state index in [1.165, 1.54) is 32.1 Å². The van der Waals surface area contributed by atoms with E-state index in [4.69, 9.17) is 9.47 Å². The number of aryl methyl sites for hydroxylation is 1. The van der Waals surface area contributed by atoms with E-state index in [1.807, 2.05) is 19.1 Å². The maximum atomic E-state index is 12.9. The SMILES string of the molecule is COc1cc(C)c(NC(=O)CC23C[C@@H]4C[C@@H](CC(Br)(C4)C2)C3)cc1OC. The summed E-state index contributed by atoms with van der Waals surface area (Å²) in [5, 5.41) is 3.13. The molecule has 5 rings (SSSR count). The lowest BCUT2D eigenvalue weighted by atomic mass is 9.48. The zero-order valence-electron chi connectivity index (χ0n) is 15.9. The van der Waals surface area contributed by atoms with E-state index in [1.54, 1.807) is 14.2 Å². The van der Waals surface area contributed by atoms with E-state index in [2.05, 4.69) is 21.2 Å². The molecule has 0 aliphatic heterocycles. The summed E-state index contributed by atoms with van der Waals surface area (Å²) in [4.78, 5) is 12.9. The third-order valence-corrected chi connectivity index (χ3v) is 7.58. The first kappa shape index (κ1) is 18.1. The lowest BCUT2D eigenvalue weighted by Crippen LogP contribution is -2.53. The number of nitrogens with one attached hydrogen (secondary N) is 1. The van der Waals surface area contributed by atoms with E-state index in [-0.39, 0.29) is 15.6 Å². The smallest absolute Gasteiger partial charge is 0.224 e. The molecule has 1 N–H and O–H groups in total. The topological polar surface area (TPSA) is 47.6 Å². The molecule has 142 valence electrons. The van der Waals surface area contributed by atoms with Crippen molar-refractivity contribution in [1.82, 2.24) is 0 Å². The molecule has 2 unspecified atom stereocenters. The largest absolute Gasteiger partial charge is 0.493 e. The number of amides is 1. The molecular formula is C21H28BrNO3. The fourth-order valence-corrected chi connectivity index (χ4v) is 7.70. The number of rotatable bonds is 5. The Morgan fingerprint density at radius 3 is 2.35 bits per heavy atom. The molecule has 4 nitrogen and oxygen atoms in total. The Kier molecular flexibility index (Phi) is 4.49. The number of ether oxygens (including phenoxy) is 2. The van der Waals surface area contributed by atoms with Crippen molar-refractivity contribution >= 4 is 27.5 Å². The van der Waals surface area contributed by atoms with Crippen LogP contribution in [0.25, 0.3) is 0 Å². The second-order valence-electron chi connectivity index (χ2n) is 8.86. The molecule has 1 aromatic carbocycles. The minimum absolute atomic E-state index is 0.123. The van der Waals surface area contributed by atoms with Crippen LogP contribution in [0.2, 0.25) is 0 Å². The number of carbonyl (C=O) groups is 1. The molecule has 0 aromatic heterocycles. The Morgan fingerprint density at radius 2 is 1.77 bits per heavy atom. The third-order valence-electron chi connectivity index (χ3n) is 6.65. The number of anilines is 1. The summed E-state index contributed by atoms with van der Waals surface area (Å²) in [6.07, 6.45) is 8.16. The van der Waals surface area contributed by atoms with Crippen LogP contribution >= 0.6 is 15.9 Å². The van der Waals surface area contributed by atoms with Gasteiger partial charge in [0.25, 0.3) is 0 Å². The quantitative estimate of drug-likeness (QED) is 0.674. The van der Waals surface area contributed by atoms with Crippen molar-refractivity contribution in [3.63, 3.8) is 0 Å². The van der Waals surface area contributed by atoms with Crippen molar-refractivity contribution < 1.29 is 14.3 Å². The third kappa shape index (κ3) is 3.23. The van der Waals surface area contributed by atoms with Gasteiger partial charge < -0.3 is 14.8 Å². The van der Waals surface area contributed by atoms with E-state index in [0.29, 0.717) is 17.9 Å². The summed E-state index contributed by atoms with van der Waals surface area (Å²) >= 11 is 4.03. The maximum absolute atomic E-state index is 12.9. The first-order valence-electron chi connectivity index (χ1n) is 9.55. The molecule has 4 atom stereocenters. The summed E-state index contributed by atoms with van der Waals surface area (Å²) in [5.74, 6) is 3.05. The van der Waals surface area contributed by atoms with E-state index in [9.17, 15) is 4.79 Å². The average Bonchev–Trinajstić information content (AvgIpc) is 2.53. The van der Waals surface area contributed by atoms with E-state index in [0.717, 1.165) is 29.5 Å². The van der Waals surface area contributed by atoms with Crippen LogP contribution < -0.4 is 14.8 Å². The average molecular weight is 422 g/mol. The summed E-state index contributed by atoms with van der Waals surface area (Å²) in [7, 11) is 3.24. The van der Waals surface area contributed by atoms with Gasteiger partial charge in [0.2, 0.25) is 5.91 Å². The molecule has 0 heterocycles. The van der Waals surface area contributed by atoms with Gasteiger partial charge in [-0.25, -0.2) is 0 Å². The molecule has 4 saturated carbocycles. The molecule has 5 heteroatoms.